The Bertz CT molecular complexity index is 341. The van der Waals surface area contributed by atoms with Crippen LogP contribution in [0.1, 0.15) is 84.5 Å². The van der Waals surface area contributed by atoms with Gasteiger partial charge in [0.05, 0.1) is 0 Å². The second kappa shape index (κ2) is 18.2. The van der Waals surface area contributed by atoms with E-state index in [9.17, 15) is 9.59 Å². The molecule has 0 saturated carbocycles. The predicted octanol–water partition coefficient (Wildman–Crippen LogP) is 4.02. The zero-order valence-corrected chi connectivity index (χ0v) is 18.1. The van der Waals surface area contributed by atoms with Crippen molar-refractivity contribution in [1.29, 1.82) is 0 Å². The van der Waals surface area contributed by atoms with Crippen molar-refractivity contribution in [3.63, 3.8) is 0 Å². The van der Waals surface area contributed by atoms with Crippen molar-refractivity contribution in [2.24, 2.45) is 0 Å². The van der Waals surface area contributed by atoms with Crippen molar-refractivity contribution in [1.82, 2.24) is 10.9 Å². The first-order valence-electron chi connectivity index (χ1n) is 9.79. The first-order valence-corrected chi connectivity index (χ1v) is 12.7. The Kier molecular flexibility index (Phi) is 17.8. The van der Waals surface area contributed by atoms with Crippen LogP contribution >= 0.6 is 0 Å². The Labute approximate surface area is 160 Å². The van der Waals surface area contributed by atoms with E-state index in [1.54, 1.807) is 0 Å². The van der Waals surface area contributed by atoms with Crippen molar-refractivity contribution in [3.8, 4) is 0 Å². The minimum atomic E-state index is -0.436. The molecule has 0 aliphatic rings. The molecular weight excluding hydrogens is 383 g/mol. The average molecular weight is 421 g/mol. The van der Waals surface area contributed by atoms with Crippen LogP contribution in [-0.2, 0) is 14.3 Å². The molecule has 1 amide bonds. The van der Waals surface area contributed by atoms with E-state index >= 15 is 0 Å². The van der Waals surface area contributed by atoms with Gasteiger partial charge in [-0.1, -0.05) is 32.6 Å². The molecule has 6 heteroatoms. The van der Waals surface area contributed by atoms with Crippen molar-refractivity contribution in [2.45, 2.75) is 102 Å². The monoisotopic (exact) mass is 422 g/mol. The summed E-state index contributed by atoms with van der Waals surface area (Å²) in [5.74, 6) is 1.68. The Balaban J connectivity index is 3.65. The number of rotatable bonds is 17. The van der Waals surface area contributed by atoms with Gasteiger partial charge in [-0.25, -0.2) is 0 Å². The van der Waals surface area contributed by atoms with Gasteiger partial charge in [-0.15, -0.1) is 0 Å². The molecule has 2 N–H and O–H groups in total. The zero-order valence-electron chi connectivity index (χ0n) is 16.4. The van der Waals surface area contributed by atoms with Crippen molar-refractivity contribution < 1.29 is 14.3 Å². The van der Waals surface area contributed by atoms with Gasteiger partial charge in [-0.3, -0.25) is 0 Å². The van der Waals surface area contributed by atoms with E-state index in [4.69, 9.17) is 4.74 Å². The fourth-order valence-electron chi connectivity index (χ4n) is 2.54. The van der Waals surface area contributed by atoms with E-state index in [2.05, 4.69) is 23.6 Å². The molecule has 148 valence electrons. The topological polar surface area (TPSA) is 67.4 Å². The molecule has 0 aliphatic carbocycles. The molecule has 0 saturated heterocycles. The summed E-state index contributed by atoms with van der Waals surface area (Å²) in [6.45, 7) is 4.14. The van der Waals surface area contributed by atoms with Gasteiger partial charge in [-0.05, 0) is 0 Å². The number of esters is 1. The summed E-state index contributed by atoms with van der Waals surface area (Å²) in [6, 6.07) is -0.436. The summed E-state index contributed by atoms with van der Waals surface area (Å²) in [6.07, 6.45) is 13.3. The molecule has 25 heavy (non-hydrogen) atoms. The molecule has 0 aromatic rings. The quantitative estimate of drug-likeness (QED) is 0.161. The summed E-state index contributed by atoms with van der Waals surface area (Å²) in [5.41, 5.74) is 5.27. The maximum atomic E-state index is 12.1. The molecule has 1 atom stereocenters. The van der Waals surface area contributed by atoms with Crippen LogP contribution in [0.3, 0.4) is 0 Å². The second-order valence-corrected chi connectivity index (χ2v) is 8.58. The van der Waals surface area contributed by atoms with Gasteiger partial charge >= 0.3 is 128 Å². The molecule has 5 nitrogen and oxygen atoms in total. The molecule has 0 aromatic heterocycles. The summed E-state index contributed by atoms with van der Waals surface area (Å²) in [5, 5.41) is 0.984. The SMILES string of the molecule is CCCCCCCCCCCCOC(=O)[C@H](CC[Se]C)NNC(C)=O. The molecule has 0 aliphatic heterocycles. The molecule has 0 fully saturated rings. The molecule has 0 aromatic carbocycles. The Morgan fingerprint density at radius 3 is 2.04 bits per heavy atom. The first kappa shape index (κ1) is 24.4. The van der Waals surface area contributed by atoms with E-state index in [-0.39, 0.29) is 11.9 Å². The van der Waals surface area contributed by atoms with Crippen LogP contribution in [-0.4, -0.2) is 39.5 Å². The molecule has 0 rings (SSSR count). The van der Waals surface area contributed by atoms with Gasteiger partial charge in [0.2, 0.25) is 0 Å². The third-order valence-corrected chi connectivity index (χ3v) is 5.41. The van der Waals surface area contributed by atoms with Crippen molar-refractivity contribution in [2.75, 3.05) is 6.61 Å². The predicted molar refractivity (Wildman–Crippen MR) is 105 cm³/mol. The number of unbranched alkanes of at least 4 members (excludes halogenated alkanes) is 9. The number of ether oxygens (including phenoxy) is 1. The van der Waals surface area contributed by atoms with E-state index in [1.807, 2.05) is 0 Å². The third-order valence-electron chi connectivity index (χ3n) is 4.06. The summed E-state index contributed by atoms with van der Waals surface area (Å²) < 4.78 is 5.36. The molecule has 0 bridgehead atoms. The van der Waals surface area contributed by atoms with Gasteiger partial charge in [0.15, 0.2) is 0 Å². The van der Waals surface area contributed by atoms with E-state index in [0.717, 1.165) is 18.2 Å². The zero-order chi connectivity index (χ0) is 18.8. The Hall–Kier alpha value is -0.581. The number of carbonyl (C=O) groups is 2. The number of hydrogen-bond acceptors (Lipinski definition) is 4. The summed E-state index contributed by atoms with van der Waals surface area (Å²) in [4.78, 5) is 23.1. The number of hydrogen-bond donors (Lipinski definition) is 2. The number of carbonyl (C=O) groups excluding carboxylic acids is 2. The van der Waals surface area contributed by atoms with Gasteiger partial charge < -0.3 is 0 Å². The van der Waals surface area contributed by atoms with Crippen LogP contribution in [0.15, 0.2) is 0 Å². The summed E-state index contributed by atoms with van der Waals surface area (Å²) >= 11 is 0.507. The molecule has 0 heterocycles. The van der Waals surface area contributed by atoms with E-state index in [0.29, 0.717) is 28.0 Å². The molecular formula is C19H38N2O3Se. The third kappa shape index (κ3) is 16.6. The van der Waals surface area contributed by atoms with Gasteiger partial charge in [0, 0.05) is 0 Å². The van der Waals surface area contributed by atoms with Crippen LogP contribution in [0, 0.1) is 0 Å². The standard InChI is InChI=1S/C19H38N2O3Se/c1-4-5-6-7-8-9-10-11-12-13-15-24-19(23)18(14-16-25-3)21-20-17(2)22/h18,21H,4-16H2,1-3H3,(H,20,22)/t18-/m0/s1. The average Bonchev–Trinajstić information content (AvgIpc) is 2.59. The fraction of sp³-hybridized carbons (Fsp3) is 0.895. The summed E-state index contributed by atoms with van der Waals surface area (Å²) in [7, 11) is 0. The number of nitrogens with one attached hydrogen (secondary N) is 2. The second-order valence-electron chi connectivity index (χ2n) is 6.51. The van der Waals surface area contributed by atoms with Crippen molar-refractivity contribution in [3.05, 3.63) is 0 Å². The van der Waals surface area contributed by atoms with Crippen LogP contribution in [0.4, 0.5) is 0 Å². The normalized spacial score (nSPS) is 12.0. The van der Waals surface area contributed by atoms with Gasteiger partial charge in [0.1, 0.15) is 0 Å². The number of hydrazine groups is 1. The van der Waals surface area contributed by atoms with Crippen LogP contribution in [0.5, 0.6) is 0 Å². The van der Waals surface area contributed by atoms with Gasteiger partial charge in [0.25, 0.3) is 0 Å². The van der Waals surface area contributed by atoms with Gasteiger partial charge in [-0.2, -0.15) is 0 Å². The van der Waals surface area contributed by atoms with Crippen LogP contribution < -0.4 is 10.9 Å². The first-order chi connectivity index (χ1) is 12.1. The van der Waals surface area contributed by atoms with E-state index < -0.39 is 6.04 Å². The minimum absolute atomic E-state index is 0.200. The number of amides is 1. The molecule has 0 unspecified atom stereocenters. The fourth-order valence-corrected chi connectivity index (χ4v) is 3.53. The maximum absolute atomic E-state index is 12.1. The van der Waals surface area contributed by atoms with Crippen LogP contribution in [0.2, 0.25) is 11.1 Å². The molecule has 0 radical (unpaired) electrons. The molecule has 0 spiro atoms. The van der Waals surface area contributed by atoms with E-state index in [1.165, 1.54) is 58.3 Å². The van der Waals surface area contributed by atoms with Crippen molar-refractivity contribution >= 4 is 26.8 Å². The Morgan fingerprint density at radius 2 is 1.52 bits per heavy atom. The van der Waals surface area contributed by atoms with Crippen LogP contribution in [0.25, 0.3) is 0 Å². The Morgan fingerprint density at radius 1 is 0.960 bits per heavy atom.